The van der Waals surface area contributed by atoms with Gasteiger partial charge in [0, 0.05) is 19.1 Å². The van der Waals surface area contributed by atoms with Crippen LogP contribution in [0.4, 0.5) is 0 Å². The third-order valence-corrected chi connectivity index (χ3v) is 7.25. The van der Waals surface area contributed by atoms with E-state index in [1.807, 2.05) is 42.2 Å². The summed E-state index contributed by atoms with van der Waals surface area (Å²) in [6.07, 6.45) is 1.16. The fraction of sp³-hybridized carbons (Fsp3) is 0.320. The summed E-state index contributed by atoms with van der Waals surface area (Å²) >= 11 is 3.44. The van der Waals surface area contributed by atoms with Gasteiger partial charge in [-0.05, 0) is 75.7 Å². The summed E-state index contributed by atoms with van der Waals surface area (Å²) < 4.78 is 0. The van der Waals surface area contributed by atoms with Crippen LogP contribution in [0.2, 0.25) is 0 Å². The number of aliphatic hydroxyl groups is 1. The Hall–Kier alpha value is -2.25. The second-order valence-electron chi connectivity index (χ2n) is 7.91. The number of aliphatic hydroxyl groups excluding tert-OH is 1. The maximum atomic E-state index is 12.8. The first-order valence-electron chi connectivity index (χ1n) is 10.6. The lowest BCUT2D eigenvalue weighted by Crippen LogP contribution is -2.44. The highest BCUT2D eigenvalue weighted by Crippen LogP contribution is 2.34. The lowest BCUT2D eigenvalue weighted by atomic mass is 9.91. The maximum Gasteiger partial charge on any atom is 0.236 e. The summed E-state index contributed by atoms with van der Waals surface area (Å²) in [4.78, 5) is 14.7. The zero-order chi connectivity index (χ0) is 21.6. The predicted molar refractivity (Wildman–Crippen MR) is 129 cm³/mol. The second-order valence-corrected chi connectivity index (χ2v) is 9.47. The number of nitrogens with zero attached hydrogens (tertiary/aromatic N) is 1. The predicted octanol–water partition coefficient (Wildman–Crippen LogP) is 4.95. The van der Waals surface area contributed by atoms with Gasteiger partial charge in [0.15, 0.2) is 0 Å². The van der Waals surface area contributed by atoms with Crippen LogP contribution >= 0.6 is 22.7 Å². The highest BCUT2D eigenvalue weighted by molar-refractivity contribution is 7.08. The third-order valence-electron chi connectivity index (χ3n) is 5.88. The first kappa shape index (κ1) is 22.0. The van der Waals surface area contributed by atoms with Gasteiger partial charge in [0.2, 0.25) is 5.91 Å². The van der Waals surface area contributed by atoms with Crippen LogP contribution in [0.1, 0.15) is 42.6 Å². The molecule has 0 spiro atoms. The molecule has 3 heterocycles. The molecule has 2 unspecified atom stereocenters. The van der Waals surface area contributed by atoms with Crippen LogP contribution < -0.4 is 5.32 Å². The molecular weight excluding hydrogens is 424 g/mol. The fourth-order valence-electron chi connectivity index (χ4n) is 4.08. The normalized spacial score (nSPS) is 16.2. The number of piperidine rings is 1. The van der Waals surface area contributed by atoms with Crippen molar-refractivity contribution in [3.63, 3.8) is 0 Å². The van der Waals surface area contributed by atoms with Crippen molar-refractivity contribution in [2.75, 3.05) is 19.6 Å². The molecule has 1 aromatic carbocycles. The van der Waals surface area contributed by atoms with E-state index in [9.17, 15) is 9.90 Å². The van der Waals surface area contributed by atoms with E-state index < -0.39 is 6.10 Å². The minimum absolute atomic E-state index is 0.0961. The molecule has 31 heavy (non-hydrogen) atoms. The topological polar surface area (TPSA) is 52.6 Å². The highest BCUT2D eigenvalue weighted by Gasteiger charge is 2.24. The van der Waals surface area contributed by atoms with Gasteiger partial charge in [0.1, 0.15) is 0 Å². The van der Waals surface area contributed by atoms with E-state index in [4.69, 9.17) is 0 Å². The molecular formula is C25H28N2O2S2. The monoisotopic (exact) mass is 452 g/mol. The number of hydrogen-bond acceptors (Lipinski definition) is 5. The number of nitrogens with one attached hydrogen (secondary N) is 1. The minimum atomic E-state index is -0.635. The third kappa shape index (κ3) is 5.33. The van der Waals surface area contributed by atoms with Gasteiger partial charge in [-0.25, -0.2) is 0 Å². The lowest BCUT2D eigenvalue weighted by molar-refractivity contribution is -0.130. The van der Waals surface area contributed by atoms with Crippen LogP contribution in [0, 0.1) is 0 Å². The van der Waals surface area contributed by atoms with Gasteiger partial charge < -0.3 is 15.3 Å². The van der Waals surface area contributed by atoms with Crippen molar-refractivity contribution in [2.24, 2.45) is 0 Å². The number of carbonyl (C=O) groups excluding carboxylic acids is 1. The van der Waals surface area contributed by atoms with E-state index in [2.05, 4.69) is 39.0 Å². The van der Waals surface area contributed by atoms with Crippen molar-refractivity contribution in [3.05, 3.63) is 86.2 Å². The summed E-state index contributed by atoms with van der Waals surface area (Å²) in [7, 11) is 0. The highest BCUT2D eigenvalue weighted by atomic mass is 32.1. The molecule has 1 amide bonds. The molecule has 6 heteroatoms. The van der Waals surface area contributed by atoms with Crippen LogP contribution in [-0.4, -0.2) is 41.6 Å². The summed E-state index contributed by atoms with van der Waals surface area (Å²) in [6.45, 7) is 3.63. The number of likely N-dealkylation sites (tertiary alicyclic amines) is 1. The Bertz CT molecular complexity index is 951. The molecule has 2 aromatic heterocycles. The van der Waals surface area contributed by atoms with E-state index >= 15 is 0 Å². The largest absolute Gasteiger partial charge is 0.387 e. The number of thiophene rings is 2. The Morgan fingerprint density at radius 2 is 1.65 bits per heavy atom. The smallest absolute Gasteiger partial charge is 0.236 e. The standard InChI is InChI=1S/C25H28N2O2S2/c1-18(25(29)20-5-3-2-4-6-20)26-15-23(28)27-11-7-19(8-12-27)24(21-9-13-30-16-21)22-10-14-31-17-22/h2-6,9-10,13-14,16-18,25-26,29H,7-8,11-12,15H2,1H3. The minimum Gasteiger partial charge on any atom is -0.387 e. The number of hydrogen-bond donors (Lipinski definition) is 2. The second kappa shape index (κ2) is 10.4. The molecule has 4 rings (SSSR count). The van der Waals surface area contributed by atoms with Crippen LogP contribution in [-0.2, 0) is 4.79 Å². The quantitative estimate of drug-likeness (QED) is 0.534. The van der Waals surface area contributed by atoms with Crippen LogP contribution in [0.3, 0.4) is 0 Å². The van der Waals surface area contributed by atoms with E-state index in [1.165, 1.54) is 22.3 Å². The van der Waals surface area contributed by atoms with E-state index in [1.54, 1.807) is 22.7 Å². The van der Waals surface area contributed by atoms with Gasteiger partial charge in [-0.2, -0.15) is 22.7 Å². The van der Waals surface area contributed by atoms with Gasteiger partial charge in [-0.15, -0.1) is 0 Å². The Morgan fingerprint density at radius 3 is 2.19 bits per heavy atom. The van der Waals surface area contributed by atoms with Crippen molar-refractivity contribution in [1.82, 2.24) is 10.2 Å². The van der Waals surface area contributed by atoms with Crippen LogP contribution in [0.15, 0.2) is 69.6 Å². The van der Waals surface area contributed by atoms with E-state index in [0.717, 1.165) is 31.5 Å². The maximum absolute atomic E-state index is 12.8. The summed E-state index contributed by atoms with van der Waals surface area (Å²) in [6, 6.07) is 13.7. The van der Waals surface area contributed by atoms with Crippen molar-refractivity contribution < 1.29 is 9.90 Å². The zero-order valence-corrected chi connectivity index (χ0v) is 19.3. The first-order chi connectivity index (χ1) is 15.1. The molecule has 1 aliphatic heterocycles. The summed E-state index contributed by atoms with van der Waals surface area (Å²) in [5.41, 5.74) is 6.19. The van der Waals surface area contributed by atoms with Gasteiger partial charge in [-0.1, -0.05) is 35.9 Å². The molecule has 1 fully saturated rings. The Balaban J connectivity index is 1.35. The van der Waals surface area contributed by atoms with Gasteiger partial charge in [0.25, 0.3) is 0 Å². The molecule has 1 saturated heterocycles. The Morgan fingerprint density at radius 1 is 1.03 bits per heavy atom. The summed E-state index contributed by atoms with van der Waals surface area (Å²) in [5.74, 6) is 0.0961. The van der Waals surface area contributed by atoms with Crippen molar-refractivity contribution in [2.45, 2.75) is 31.9 Å². The zero-order valence-electron chi connectivity index (χ0n) is 17.7. The number of amides is 1. The number of rotatable bonds is 7. The number of carbonyl (C=O) groups is 1. The molecule has 2 atom stereocenters. The van der Waals surface area contributed by atoms with E-state index in [0.29, 0.717) is 0 Å². The van der Waals surface area contributed by atoms with Gasteiger partial charge >= 0.3 is 0 Å². The van der Waals surface area contributed by atoms with Crippen LogP contribution in [0.5, 0.6) is 0 Å². The van der Waals surface area contributed by atoms with Crippen molar-refractivity contribution in [3.8, 4) is 0 Å². The summed E-state index contributed by atoms with van der Waals surface area (Å²) in [5, 5.41) is 22.4. The molecule has 4 nitrogen and oxygen atoms in total. The van der Waals surface area contributed by atoms with Gasteiger partial charge in [-0.3, -0.25) is 4.79 Å². The molecule has 3 aromatic rings. The average molecular weight is 453 g/mol. The van der Waals surface area contributed by atoms with Crippen molar-refractivity contribution >= 4 is 34.2 Å². The van der Waals surface area contributed by atoms with E-state index in [-0.39, 0.29) is 18.5 Å². The molecule has 0 saturated carbocycles. The van der Waals surface area contributed by atoms with Crippen molar-refractivity contribution in [1.29, 1.82) is 0 Å². The molecule has 0 bridgehead atoms. The SMILES string of the molecule is CC(NCC(=O)N1CCC(=C(c2ccsc2)c2ccsc2)CC1)C(O)c1ccccc1. The average Bonchev–Trinajstić information content (AvgIpc) is 3.53. The lowest BCUT2D eigenvalue weighted by Gasteiger charge is -2.31. The molecule has 0 radical (unpaired) electrons. The molecule has 2 N–H and O–H groups in total. The molecule has 162 valence electrons. The van der Waals surface area contributed by atoms with Crippen LogP contribution in [0.25, 0.3) is 5.57 Å². The Kier molecular flexibility index (Phi) is 7.35. The van der Waals surface area contributed by atoms with Gasteiger partial charge in [0.05, 0.1) is 12.6 Å². The first-order valence-corrected chi connectivity index (χ1v) is 12.5. The Labute approximate surface area is 191 Å². The number of benzene rings is 1. The fourth-order valence-corrected chi connectivity index (χ4v) is 5.37. The molecule has 1 aliphatic rings. The molecule has 0 aliphatic carbocycles.